The number of H-pyrrole nitrogens is 1. The predicted octanol–water partition coefficient (Wildman–Crippen LogP) is 2.90. The van der Waals surface area contributed by atoms with E-state index in [9.17, 15) is 4.79 Å². The van der Waals surface area contributed by atoms with Gasteiger partial charge in [-0.1, -0.05) is 12.1 Å². The SMILES string of the molecule is O=C(NCCc1cnc[nH]1)c1cccc(CC2CCN(Cc3cncs3)C2)c1. The van der Waals surface area contributed by atoms with Gasteiger partial charge in [0, 0.05) is 54.6 Å². The quantitative estimate of drug-likeness (QED) is 0.615. The van der Waals surface area contributed by atoms with E-state index in [2.05, 4.69) is 31.2 Å². The summed E-state index contributed by atoms with van der Waals surface area (Å²) in [5, 5.41) is 2.99. The third-order valence-electron chi connectivity index (χ3n) is 5.18. The van der Waals surface area contributed by atoms with E-state index in [-0.39, 0.29) is 5.91 Å². The van der Waals surface area contributed by atoms with Crippen LogP contribution in [-0.4, -0.2) is 45.4 Å². The van der Waals surface area contributed by atoms with Crippen molar-refractivity contribution in [2.24, 2.45) is 5.92 Å². The Bertz CT molecular complexity index is 878. The highest BCUT2D eigenvalue weighted by atomic mass is 32.1. The zero-order valence-electron chi connectivity index (χ0n) is 15.8. The number of thiazole rings is 1. The minimum absolute atomic E-state index is 0.0143. The van der Waals surface area contributed by atoms with Gasteiger partial charge in [0.25, 0.3) is 5.91 Å². The monoisotopic (exact) mass is 395 g/mol. The maximum Gasteiger partial charge on any atom is 0.251 e. The van der Waals surface area contributed by atoms with Gasteiger partial charge in [-0.15, -0.1) is 11.3 Å². The molecular formula is C21H25N5OS. The second-order valence-electron chi connectivity index (χ2n) is 7.34. The third-order valence-corrected chi connectivity index (χ3v) is 5.95. The van der Waals surface area contributed by atoms with Gasteiger partial charge in [-0.2, -0.15) is 0 Å². The van der Waals surface area contributed by atoms with E-state index < -0.39 is 0 Å². The molecule has 1 unspecified atom stereocenters. The Hall–Kier alpha value is -2.51. The highest BCUT2D eigenvalue weighted by Crippen LogP contribution is 2.23. The first-order chi connectivity index (χ1) is 13.8. The van der Waals surface area contributed by atoms with E-state index in [1.807, 2.05) is 29.9 Å². The van der Waals surface area contributed by atoms with E-state index in [0.29, 0.717) is 12.5 Å². The van der Waals surface area contributed by atoms with Gasteiger partial charge >= 0.3 is 0 Å². The molecule has 4 rings (SSSR count). The smallest absolute Gasteiger partial charge is 0.251 e. The fraction of sp³-hybridized carbons (Fsp3) is 0.381. The molecule has 146 valence electrons. The Morgan fingerprint density at radius 1 is 1.32 bits per heavy atom. The number of hydrogen-bond donors (Lipinski definition) is 2. The molecule has 0 radical (unpaired) electrons. The number of benzene rings is 1. The Balaban J connectivity index is 1.27. The topological polar surface area (TPSA) is 73.9 Å². The molecule has 1 aromatic carbocycles. The highest BCUT2D eigenvalue weighted by molar-refractivity contribution is 7.09. The molecule has 28 heavy (non-hydrogen) atoms. The Kier molecular flexibility index (Phi) is 6.14. The molecule has 0 saturated carbocycles. The van der Waals surface area contributed by atoms with Gasteiger partial charge in [0.2, 0.25) is 0 Å². The number of nitrogens with one attached hydrogen (secondary N) is 2. The molecule has 7 heteroatoms. The molecule has 1 atom stereocenters. The number of carbonyl (C=O) groups excluding carboxylic acids is 1. The van der Waals surface area contributed by atoms with Crippen molar-refractivity contribution in [3.05, 3.63) is 70.2 Å². The Morgan fingerprint density at radius 2 is 2.29 bits per heavy atom. The van der Waals surface area contributed by atoms with Crippen LogP contribution in [0.5, 0.6) is 0 Å². The summed E-state index contributed by atoms with van der Waals surface area (Å²) in [4.78, 5) is 27.5. The number of hydrogen-bond acceptors (Lipinski definition) is 5. The summed E-state index contributed by atoms with van der Waals surface area (Å²) in [7, 11) is 0. The van der Waals surface area contributed by atoms with Crippen LogP contribution in [0.25, 0.3) is 0 Å². The van der Waals surface area contributed by atoms with Crippen molar-refractivity contribution >= 4 is 17.2 Å². The fourth-order valence-corrected chi connectivity index (χ4v) is 4.41. The van der Waals surface area contributed by atoms with E-state index >= 15 is 0 Å². The van der Waals surface area contributed by atoms with Crippen molar-refractivity contribution < 1.29 is 4.79 Å². The molecule has 0 bridgehead atoms. The minimum atomic E-state index is -0.0143. The molecule has 3 aromatic rings. The predicted molar refractivity (Wildman–Crippen MR) is 110 cm³/mol. The number of carbonyl (C=O) groups is 1. The Labute approximate surface area is 169 Å². The standard InChI is InChI=1S/C21H25N5OS/c27-21(24-6-4-19-10-22-14-25-19)18-3-1-2-16(9-18)8-17-5-7-26(12-17)13-20-11-23-15-28-20/h1-3,9-11,14-15,17H,4-8,12-13H2,(H,22,25)(H,24,27). The van der Waals surface area contributed by atoms with Crippen LogP contribution in [0.4, 0.5) is 0 Å². The van der Waals surface area contributed by atoms with Crippen molar-refractivity contribution in [1.29, 1.82) is 0 Å². The van der Waals surface area contributed by atoms with E-state index in [0.717, 1.165) is 43.7 Å². The third kappa shape index (κ3) is 5.05. The van der Waals surface area contributed by atoms with Crippen molar-refractivity contribution in [2.45, 2.75) is 25.8 Å². The molecule has 1 amide bonds. The van der Waals surface area contributed by atoms with Gasteiger partial charge in [0.05, 0.1) is 11.8 Å². The van der Waals surface area contributed by atoms with Gasteiger partial charge in [0.15, 0.2) is 0 Å². The van der Waals surface area contributed by atoms with Gasteiger partial charge in [-0.3, -0.25) is 14.7 Å². The lowest BCUT2D eigenvalue weighted by Crippen LogP contribution is -2.26. The van der Waals surface area contributed by atoms with Gasteiger partial charge in [0.1, 0.15) is 0 Å². The second kappa shape index (κ2) is 9.12. The first-order valence-electron chi connectivity index (χ1n) is 9.70. The maximum atomic E-state index is 12.4. The van der Waals surface area contributed by atoms with E-state index in [4.69, 9.17) is 0 Å². The Morgan fingerprint density at radius 3 is 3.11 bits per heavy atom. The lowest BCUT2D eigenvalue weighted by atomic mass is 9.97. The molecule has 1 aliphatic rings. The fourth-order valence-electron chi connectivity index (χ4n) is 3.77. The molecule has 6 nitrogen and oxygen atoms in total. The number of rotatable bonds is 8. The molecule has 0 spiro atoms. The van der Waals surface area contributed by atoms with Gasteiger partial charge < -0.3 is 10.3 Å². The zero-order chi connectivity index (χ0) is 19.2. The van der Waals surface area contributed by atoms with Crippen LogP contribution in [-0.2, 0) is 19.4 Å². The summed E-state index contributed by atoms with van der Waals surface area (Å²) in [5.74, 6) is 0.631. The summed E-state index contributed by atoms with van der Waals surface area (Å²) < 4.78 is 0. The molecule has 2 aromatic heterocycles. The number of aromatic nitrogens is 3. The first-order valence-corrected chi connectivity index (χ1v) is 10.6. The number of nitrogens with zero attached hydrogens (tertiary/aromatic N) is 3. The van der Waals surface area contributed by atoms with Crippen molar-refractivity contribution in [3.8, 4) is 0 Å². The van der Waals surface area contributed by atoms with Crippen molar-refractivity contribution in [1.82, 2.24) is 25.2 Å². The average molecular weight is 396 g/mol. The van der Waals surface area contributed by atoms with Crippen molar-refractivity contribution in [2.75, 3.05) is 19.6 Å². The summed E-state index contributed by atoms with van der Waals surface area (Å²) in [6.07, 6.45) is 8.39. The van der Waals surface area contributed by atoms with E-state index in [1.165, 1.54) is 16.9 Å². The van der Waals surface area contributed by atoms with Crippen LogP contribution in [0.3, 0.4) is 0 Å². The van der Waals surface area contributed by atoms with Crippen LogP contribution >= 0.6 is 11.3 Å². The highest BCUT2D eigenvalue weighted by Gasteiger charge is 2.23. The average Bonchev–Trinajstić information content (AvgIpc) is 3.46. The van der Waals surface area contributed by atoms with Crippen LogP contribution in [0.2, 0.25) is 0 Å². The van der Waals surface area contributed by atoms with E-state index in [1.54, 1.807) is 23.9 Å². The molecule has 3 heterocycles. The number of imidazole rings is 1. The first kappa shape index (κ1) is 18.8. The molecule has 1 saturated heterocycles. The molecular weight excluding hydrogens is 370 g/mol. The number of aromatic amines is 1. The lowest BCUT2D eigenvalue weighted by Gasteiger charge is -2.15. The molecule has 0 aliphatic carbocycles. The summed E-state index contributed by atoms with van der Waals surface area (Å²) in [6.45, 7) is 3.84. The largest absolute Gasteiger partial charge is 0.352 e. The minimum Gasteiger partial charge on any atom is -0.352 e. The summed E-state index contributed by atoms with van der Waals surface area (Å²) in [6, 6.07) is 8.05. The molecule has 2 N–H and O–H groups in total. The second-order valence-corrected chi connectivity index (χ2v) is 8.32. The van der Waals surface area contributed by atoms with Crippen LogP contribution in [0, 0.1) is 5.92 Å². The van der Waals surface area contributed by atoms with Crippen molar-refractivity contribution in [3.63, 3.8) is 0 Å². The normalized spacial score (nSPS) is 17.1. The van der Waals surface area contributed by atoms with Gasteiger partial charge in [-0.05, 0) is 43.0 Å². The van der Waals surface area contributed by atoms with Gasteiger partial charge in [-0.25, -0.2) is 4.98 Å². The maximum absolute atomic E-state index is 12.4. The van der Waals surface area contributed by atoms with Crippen LogP contribution in [0.1, 0.15) is 32.9 Å². The number of likely N-dealkylation sites (tertiary alicyclic amines) is 1. The zero-order valence-corrected chi connectivity index (χ0v) is 16.6. The molecule has 1 aliphatic heterocycles. The lowest BCUT2D eigenvalue weighted by molar-refractivity contribution is 0.0954. The van der Waals surface area contributed by atoms with Crippen LogP contribution < -0.4 is 5.32 Å². The van der Waals surface area contributed by atoms with Crippen LogP contribution in [0.15, 0.2) is 48.5 Å². The molecule has 1 fully saturated rings. The number of amides is 1. The summed E-state index contributed by atoms with van der Waals surface area (Å²) >= 11 is 1.72. The summed E-state index contributed by atoms with van der Waals surface area (Å²) in [5.41, 5.74) is 4.90.